The molecule has 3 N–H and O–H groups in total. The van der Waals surface area contributed by atoms with Crippen LogP contribution in [-0.2, 0) is 0 Å². The van der Waals surface area contributed by atoms with Crippen LogP contribution in [0, 0.1) is 10.8 Å². The largest absolute Gasteiger partial charge is 0.392 e. The Balaban J connectivity index is 0.000001000. The van der Waals surface area contributed by atoms with Crippen LogP contribution >= 0.6 is 12.4 Å². The summed E-state index contributed by atoms with van der Waals surface area (Å²) in [4.78, 5) is 0. The average Bonchev–Trinajstić information content (AvgIpc) is 1.84. The van der Waals surface area contributed by atoms with Gasteiger partial charge in [0.25, 0.3) is 0 Å². The normalized spacial score (nSPS) is 38.7. The fourth-order valence-electron chi connectivity index (χ4n) is 2.16. The van der Waals surface area contributed by atoms with Gasteiger partial charge in [0.15, 0.2) is 0 Å². The molecule has 0 spiro atoms. The van der Waals surface area contributed by atoms with Crippen molar-refractivity contribution in [3.8, 4) is 0 Å². The molecule has 0 amide bonds. The molecule has 1 rings (SSSR count). The summed E-state index contributed by atoms with van der Waals surface area (Å²) in [6, 6.07) is 0.120. The van der Waals surface area contributed by atoms with Crippen molar-refractivity contribution in [2.24, 2.45) is 16.6 Å². The number of nitrogens with two attached hydrogens (primary N) is 1. The molecule has 1 aliphatic carbocycles. The SMILES string of the molecule is CC1(C)C(N)C(C)(C)C1O.Cl. The molecule has 0 aromatic rings. The van der Waals surface area contributed by atoms with Crippen molar-refractivity contribution in [1.82, 2.24) is 0 Å². The molecule has 11 heavy (non-hydrogen) atoms. The van der Waals surface area contributed by atoms with Crippen LogP contribution in [0.4, 0.5) is 0 Å². The van der Waals surface area contributed by atoms with Crippen LogP contribution in [0.1, 0.15) is 27.7 Å². The number of hydrogen-bond donors (Lipinski definition) is 2. The lowest BCUT2D eigenvalue weighted by molar-refractivity contribution is -0.170. The van der Waals surface area contributed by atoms with Crippen molar-refractivity contribution in [2.75, 3.05) is 0 Å². The van der Waals surface area contributed by atoms with E-state index in [-0.39, 0.29) is 35.4 Å². The molecular formula is C8H18ClNO. The van der Waals surface area contributed by atoms with Gasteiger partial charge >= 0.3 is 0 Å². The highest BCUT2D eigenvalue weighted by atomic mass is 35.5. The van der Waals surface area contributed by atoms with Crippen LogP contribution < -0.4 is 5.73 Å². The molecule has 68 valence electrons. The van der Waals surface area contributed by atoms with E-state index in [2.05, 4.69) is 0 Å². The minimum Gasteiger partial charge on any atom is -0.392 e. The van der Waals surface area contributed by atoms with Gasteiger partial charge in [-0.2, -0.15) is 0 Å². The molecule has 0 atom stereocenters. The lowest BCUT2D eigenvalue weighted by atomic mass is 9.50. The Kier molecular flexibility index (Phi) is 2.66. The molecule has 0 saturated heterocycles. The summed E-state index contributed by atoms with van der Waals surface area (Å²) in [5.74, 6) is 0. The first kappa shape index (κ1) is 11.2. The Labute approximate surface area is 74.6 Å². The van der Waals surface area contributed by atoms with Gasteiger partial charge in [-0.25, -0.2) is 0 Å². The molecule has 1 fully saturated rings. The lowest BCUT2D eigenvalue weighted by Crippen LogP contribution is -2.71. The van der Waals surface area contributed by atoms with Crippen molar-refractivity contribution in [3.63, 3.8) is 0 Å². The quantitative estimate of drug-likeness (QED) is 0.587. The summed E-state index contributed by atoms with van der Waals surface area (Å²) in [7, 11) is 0. The lowest BCUT2D eigenvalue weighted by Gasteiger charge is -2.60. The van der Waals surface area contributed by atoms with Crippen LogP contribution in [0.2, 0.25) is 0 Å². The van der Waals surface area contributed by atoms with Crippen molar-refractivity contribution in [1.29, 1.82) is 0 Å². The summed E-state index contributed by atoms with van der Waals surface area (Å²) in [5.41, 5.74) is 5.68. The Bertz CT molecular complexity index is 126. The fourth-order valence-corrected chi connectivity index (χ4v) is 2.16. The average molecular weight is 180 g/mol. The first-order valence-corrected chi connectivity index (χ1v) is 3.75. The van der Waals surface area contributed by atoms with E-state index in [0.717, 1.165) is 0 Å². The summed E-state index contributed by atoms with van der Waals surface area (Å²) in [6.45, 7) is 8.03. The number of rotatable bonds is 0. The van der Waals surface area contributed by atoms with Gasteiger partial charge in [0.05, 0.1) is 6.10 Å². The topological polar surface area (TPSA) is 46.2 Å². The molecule has 0 aromatic heterocycles. The zero-order chi connectivity index (χ0) is 8.15. The van der Waals surface area contributed by atoms with Crippen LogP contribution in [-0.4, -0.2) is 17.3 Å². The number of halogens is 1. The second-order valence-corrected chi connectivity index (χ2v) is 4.52. The molecule has 0 bridgehead atoms. The third-order valence-electron chi connectivity index (χ3n) is 3.01. The number of aliphatic hydroxyl groups is 1. The summed E-state index contributed by atoms with van der Waals surface area (Å²) in [6.07, 6.45) is -0.255. The van der Waals surface area contributed by atoms with Gasteiger partial charge < -0.3 is 10.8 Å². The maximum Gasteiger partial charge on any atom is 0.0672 e. The second-order valence-electron chi connectivity index (χ2n) is 4.52. The van der Waals surface area contributed by atoms with Crippen LogP contribution in [0.3, 0.4) is 0 Å². The molecule has 0 radical (unpaired) electrons. The van der Waals surface area contributed by atoms with Crippen LogP contribution in [0.5, 0.6) is 0 Å². The molecule has 0 heterocycles. The molecule has 3 heteroatoms. The first-order valence-electron chi connectivity index (χ1n) is 3.75. The third kappa shape index (κ3) is 1.17. The minimum absolute atomic E-state index is 0. The second kappa shape index (κ2) is 2.61. The highest BCUT2D eigenvalue weighted by molar-refractivity contribution is 5.85. The smallest absolute Gasteiger partial charge is 0.0672 e. The standard InChI is InChI=1S/C8H17NO.ClH/c1-7(2)5(9)8(3,4)6(7)10;/h5-6,10H,9H2,1-4H3;1H. The Morgan fingerprint density at radius 2 is 1.36 bits per heavy atom. The summed E-state index contributed by atoms with van der Waals surface area (Å²) < 4.78 is 0. The van der Waals surface area contributed by atoms with E-state index in [1.807, 2.05) is 27.7 Å². The monoisotopic (exact) mass is 179 g/mol. The van der Waals surface area contributed by atoms with E-state index in [0.29, 0.717) is 0 Å². The van der Waals surface area contributed by atoms with Crippen LogP contribution in [0.25, 0.3) is 0 Å². The fraction of sp³-hybridized carbons (Fsp3) is 1.00. The van der Waals surface area contributed by atoms with E-state index in [9.17, 15) is 5.11 Å². The molecule has 2 nitrogen and oxygen atoms in total. The summed E-state index contributed by atoms with van der Waals surface area (Å²) in [5, 5.41) is 9.59. The van der Waals surface area contributed by atoms with Gasteiger partial charge in [0, 0.05) is 16.9 Å². The van der Waals surface area contributed by atoms with Crippen molar-refractivity contribution in [2.45, 2.75) is 39.8 Å². The Hall–Kier alpha value is 0.210. The Morgan fingerprint density at radius 3 is 1.45 bits per heavy atom. The zero-order valence-corrected chi connectivity index (χ0v) is 8.40. The predicted molar refractivity (Wildman–Crippen MR) is 48.8 cm³/mol. The van der Waals surface area contributed by atoms with Crippen molar-refractivity contribution in [3.05, 3.63) is 0 Å². The molecule has 1 saturated carbocycles. The molecule has 0 unspecified atom stereocenters. The molecular weight excluding hydrogens is 162 g/mol. The predicted octanol–water partition coefficient (Wildman–Crippen LogP) is 1.16. The highest BCUT2D eigenvalue weighted by Crippen LogP contribution is 2.52. The highest BCUT2D eigenvalue weighted by Gasteiger charge is 2.59. The van der Waals surface area contributed by atoms with Crippen molar-refractivity contribution < 1.29 is 5.11 Å². The molecule has 0 aromatic carbocycles. The van der Waals surface area contributed by atoms with Gasteiger partial charge in [0.1, 0.15) is 0 Å². The molecule has 0 aliphatic heterocycles. The maximum absolute atomic E-state index is 9.59. The number of aliphatic hydroxyl groups excluding tert-OH is 1. The van der Waals surface area contributed by atoms with Gasteiger partial charge in [-0.05, 0) is 0 Å². The van der Waals surface area contributed by atoms with E-state index in [1.54, 1.807) is 0 Å². The number of hydrogen-bond acceptors (Lipinski definition) is 2. The molecule has 1 aliphatic rings. The maximum atomic E-state index is 9.59. The third-order valence-corrected chi connectivity index (χ3v) is 3.01. The first-order chi connectivity index (χ1) is 4.31. The summed E-state index contributed by atoms with van der Waals surface area (Å²) >= 11 is 0. The van der Waals surface area contributed by atoms with Gasteiger partial charge in [-0.15, -0.1) is 12.4 Å². The van der Waals surface area contributed by atoms with E-state index in [4.69, 9.17) is 5.73 Å². The van der Waals surface area contributed by atoms with Gasteiger partial charge in [-0.3, -0.25) is 0 Å². The van der Waals surface area contributed by atoms with Gasteiger partial charge in [-0.1, -0.05) is 27.7 Å². The zero-order valence-electron chi connectivity index (χ0n) is 7.59. The van der Waals surface area contributed by atoms with E-state index in [1.165, 1.54) is 0 Å². The van der Waals surface area contributed by atoms with E-state index >= 15 is 0 Å². The minimum atomic E-state index is -0.255. The van der Waals surface area contributed by atoms with E-state index < -0.39 is 0 Å². The van der Waals surface area contributed by atoms with Crippen molar-refractivity contribution >= 4 is 12.4 Å². The van der Waals surface area contributed by atoms with Gasteiger partial charge in [0.2, 0.25) is 0 Å². The Morgan fingerprint density at radius 1 is 1.09 bits per heavy atom. The van der Waals surface area contributed by atoms with Crippen LogP contribution in [0.15, 0.2) is 0 Å².